The van der Waals surface area contributed by atoms with E-state index in [1.54, 1.807) is 30.7 Å². The Labute approximate surface area is 166 Å². The average Bonchev–Trinajstić information content (AvgIpc) is 3.07. The van der Waals surface area contributed by atoms with E-state index in [9.17, 15) is 0 Å². The smallest absolute Gasteiger partial charge is 0.166 e. The molecular formula is C18H16Cl4N2O. The van der Waals surface area contributed by atoms with Gasteiger partial charge in [-0.25, -0.2) is 4.98 Å². The van der Waals surface area contributed by atoms with E-state index in [1.807, 2.05) is 22.9 Å². The second-order valence-corrected chi connectivity index (χ2v) is 7.68. The molecule has 0 bridgehead atoms. The summed E-state index contributed by atoms with van der Waals surface area (Å²) in [5.41, 5.74) is 1.76. The number of ether oxygens (including phenoxy) is 1. The van der Waals surface area contributed by atoms with Crippen molar-refractivity contribution in [2.75, 3.05) is 0 Å². The largest absolute Gasteiger partial charge is 0.351 e. The quantitative estimate of drug-likeness (QED) is 0.524. The zero-order chi connectivity index (χ0) is 17.9. The monoisotopic (exact) mass is 416 g/mol. The van der Waals surface area contributed by atoms with Crippen LogP contribution in [-0.4, -0.2) is 14.6 Å². The molecule has 0 radical (unpaired) electrons. The van der Waals surface area contributed by atoms with Crippen LogP contribution in [0, 0.1) is 0 Å². The van der Waals surface area contributed by atoms with Gasteiger partial charge in [0.1, 0.15) is 0 Å². The summed E-state index contributed by atoms with van der Waals surface area (Å²) in [5.74, 6) is 0. The van der Waals surface area contributed by atoms with Crippen LogP contribution < -0.4 is 0 Å². The molecule has 0 N–H and O–H groups in total. The summed E-state index contributed by atoms with van der Waals surface area (Å²) in [6, 6.07) is 5.33. The van der Waals surface area contributed by atoms with Crippen molar-refractivity contribution in [2.45, 2.75) is 31.1 Å². The summed E-state index contributed by atoms with van der Waals surface area (Å²) in [7, 11) is 0. The summed E-state index contributed by atoms with van der Waals surface area (Å²) >= 11 is 25.3. The molecular weight excluding hydrogens is 402 g/mol. The summed E-state index contributed by atoms with van der Waals surface area (Å²) in [6.07, 6.45) is 10.4. The molecule has 1 aromatic carbocycles. The van der Waals surface area contributed by atoms with Crippen molar-refractivity contribution in [3.8, 4) is 0 Å². The predicted molar refractivity (Wildman–Crippen MR) is 103 cm³/mol. The maximum atomic E-state index is 6.56. The van der Waals surface area contributed by atoms with Gasteiger partial charge in [-0.2, -0.15) is 0 Å². The molecule has 0 spiro atoms. The molecule has 132 valence electrons. The van der Waals surface area contributed by atoms with E-state index < -0.39 is 5.06 Å². The molecule has 7 heteroatoms. The Kier molecular flexibility index (Phi) is 6.13. The fourth-order valence-electron chi connectivity index (χ4n) is 2.55. The van der Waals surface area contributed by atoms with Gasteiger partial charge in [0, 0.05) is 46.0 Å². The van der Waals surface area contributed by atoms with E-state index in [2.05, 4.69) is 4.98 Å². The van der Waals surface area contributed by atoms with Gasteiger partial charge in [0.05, 0.1) is 12.9 Å². The van der Waals surface area contributed by atoms with Crippen LogP contribution in [0.5, 0.6) is 0 Å². The zero-order valence-corrected chi connectivity index (χ0v) is 16.3. The van der Waals surface area contributed by atoms with E-state index in [4.69, 9.17) is 51.1 Å². The van der Waals surface area contributed by atoms with E-state index >= 15 is 0 Å². The molecule has 0 aliphatic heterocycles. The maximum Gasteiger partial charge on any atom is 0.166 e. The fourth-order valence-corrected chi connectivity index (χ4v) is 3.73. The van der Waals surface area contributed by atoms with Crippen LogP contribution in [0.1, 0.15) is 18.4 Å². The molecule has 2 aromatic rings. The van der Waals surface area contributed by atoms with Gasteiger partial charge in [0.25, 0.3) is 0 Å². The molecule has 0 amide bonds. The second kappa shape index (κ2) is 8.15. The third-order valence-electron chi connectivity index (χ3n) is 3.99. The normalized spacial score (nSPS) is 20.3. The minimum atomic E-state index is -1.00. The maximum absolute atomic E-state index is 6.56. The summed E-state index contributed by atoms with van der Waals surface area (Å²) in [6.45, 7) is 1.02. The molecule has 1 heterocycles. The molecule has 1 aromatic heterocycles. The van der Waals surface area contributed by atoms with Crippen LogP contribution in [-0.2, 0) is 17.9 Å². The van der Waals surface area contributed by atoms with Gasteiger partial charge in [0.15, 0.2) is 5.06 Å². The number of aromatic nitrogens is 2. The number of allylic oxidation sites excluding steroid dienone is 2. The summed E-state index contributed by atoms with van der Waals surface area (Å²) in [5, 5.41) is 0.797. The number of alkyl halides is 1. The lowest BCUT2D eigenvalue weighted by molar-refractivity contribution is 0.0410. The number of nitrogens with zero attached hydrogens (tertiary/aromatic N) is 2. The number of rotatable bonds is 6. The Hall–Kier alpha value is -0.970. The number of hydrogen-bond donors (Lipinski definition) is 0. The minimum absolute atomic E-state index is 0.209. The Morgan fingerprint density at radius 1 is 1.20 bits per heavy atom. The van der Waals surface area contributed by atoms with Gasteiger partial charge < -0.3 is 9.30 Å². The van der Waals surface area contributed by atoms with Crippen molar-refractivity contribution < 1.29 is 4.74 Å². The second-order valence-electron chi connectivity index (χ2n) is 5.77. The minimum Gasteiger partial charge on any atom is -0.351 e. The third-order valence-corrected chi connectivity index (χ3v) is 5.45. The summed E-state index contributed by atoms with van der Waals surface area (Å²) in [4.78, 5) is 4.03. The van der Waals surface area contributed by atoms with Crippen molar-refractivity contribution >= 4 is 46.4 Å². The third kappa shape index (κ3) is 4.81. The number of hydrogen-bond acceptors (Lipinski definition) is 2. The van der Waals surface area contributed by atoms with Crippen LogP contribution in [0.3, 0.4) is 0 Å². The molecule has 1 unspecified atom stereocenters. The van der Waals surface area contributed by atoms with Crippen molar-refractivity contribution in [1.82, 2.24) is 9.55 Å². The molecule has 0 saturated heterocycles. The van der Waals surface area contributed by atoms with Crippen molar-refractivity contribution in [1.29, 1.82) is 0 Å². The molecule has 0 fully saturated rings. The molecule has 25 heavy (non-hydrogen) atoms. The highest BCUT2D eigenvalue weighted by atomic mass is 35.5. The molecule has 3 rings (SSSR count). The van der Waals surface area contributed by atoms with Crippen molar-refractivity contribution in [3.63, 3.8) is 0 Å². The molecule has 3 nitrogen and oxygen atoms in total. The van der Waals surface area contributed by atoms with Crippen molar-refractivity contribution in [3.05, 3.63) is 75.3 Å². The summed E-state index contributed by atoms with van der Waals surface area (Å²) < 4.78 is 7.87. The lowest BCUT2D eigenvalue weighted by Crippen LogP contribution is -2.25. The molecule has 1 atom stereocenters. The Balaban J connectivity index is 1.62. The first-order valence-electron chi connectivity index (χ1n) is 7.75. The Morgan fingerprint density at radius 3 is 2.60 bits per heavy atom. The fraction of sp³-hybridized carbons (Fsp3) is 0.278. The zero-order valence-electron chi connectivity index (χ0n) is 13.3. The standard InChI is InChI=1S/C18H16Cl4N2O/c19-15-2-1-3-16(20)14(15)11-25-18(22)6-4-13(17(21)10-18)5-8-24-9-7-23-12-24/h1-4,6-7,9,12H,5,8,10-11H2. The molecule has 0 saturated carbocycles. The van der Waals surface area contributed by atoms with E-state index in [1.165, 1.54) is 0 Å². The van der Waals surface area contributed by atoms with Crippen LogP contribution in [0.2, 0.25) is 10.0 Å². The van der Waals surface area contributed by atoms with E-state index in [0.29, 0.717) is 27.1 Å². The van der Waals surface area contributed by atoms with Crippen LogP contribution in [0.15, 0.2) is 59.7 Å². The van der Waals surface area contributed by atoms with E-state index in [0.717, 1.165) is 18.5 Å². The van der Waals surface area contributed by atoms with Gasteiger partial charge in [-0.15, -0.1) is 0 Å². The number of imidazole rings is 1. The molecule has 1 aliphatic carbocycles. The molecule has 1 aliphatic rings. The van der Waals surface area contributed by atoms with Gasteiger partial charge in [-0.3, -0.25) is 0 Å². The Morgan fingerprint density at radius 2 is 1.96 bits per heavy atom. The number of halogens is 4. The number of aryl methyl sites for hydroxylation is 1. The Bertz CT molecular complexity index is 781. The lowest BCUT2D eigenvalue weighted by atomic mass is 10.0. The van der Waals surface area contributed by atoms with Gasteiger partial charge in [-0.05, 0) is 30.2 Å². The van der Waals surface area contributed by atoms with Gasteiger partial charge in [0.2, 0.25) is 0 Å². The first-order valence-corrected chi connectivity index (χ1v) is 9.26. The highest BCUT2D eigenvalue weighted by Gasteiger charge is 2.30. The number of benzene rings is 1. The SMILES string of the molecule is ClC1=C(CCn2ccnc2)C=CC(Cl)(OCc2c(Cl)cccc2Cl)C1. The topological polar surface area (TPSA) is 27.1 Å². The lowest BCUT2D eigenvalue weighted by Gasteiger charge is -2.28. The van der Waals surface area contributed by atoms with Crippen LogP contribution in [0.25, 0.3) is 0 Å². The predicted octanol–water partition coefficient (Wildman–Crippen LogP) is 6.18. The highest BCUT2D eigenvalue weighted by Crippen LogP contribution is 2.38. The first kappa shape index (κ1) is 18.8. The average molecular weight is 418 g/mol. The highest BCUT2D eigenvalue weighted by molar-refractivity contribution is 6.36. The van der Waals surface area contributed by atoms with Gasteiger partial charge in [-0.1, -0.05) is 58.5 Å². The van der Waals surface area contributed by atoms with Crippen LogP contribution in [0.4, 0.5) is 0 Å². The van der Waals surface area contributed by atoms with Crippen molar-refractivity contribution in [2.24, 2.45) is 0 Å². The van der Waals surface area contributed by atoms with Crippen LogP contribution >= 0.6 is 46.4 Å². The van der Waals surface area contributed by atoms with Gasteiger partial charge >= 0.3 is 0 Å². The van der Waals surface area contributed by atoms with E-state index in [-0.39, 0.29) is 6.61 Å². The first-order chi connectivity index (χ1) is 12.0.